The van der Waals surface area contributed by atoms with Gasteiger partial charge in [0.2, 0.25) is 0 Å². The van der Waals surface area contributed by atoms with Crippen molar-refractivity contribution >= 4 is 28.3 Å². The Morgan fingerprint density at radius 2 is 1.88 bits per heavy atom. The molecule has 134 valence electrons. The molecule has 0 spiro atoms. The van der Waals surface area contributed by atoms with E-state index < -0.39 is 0 Å². The molecule has 1 N–H and O–H groups in total. The second-order valence-electron chi connectivity index (χ2n) is 6.37. The topological polar surface area (TPSA) is 64.0 Å². The number of fused-ring (bicyclic) bond motifs is 1. The highest BCUT2D eigenvalue weighted by Gasteiger charge is 2.17. The molecule has 0 bridgehead atoms. The van der Waals surface area contributed by atoms with Crippen LogP contribution in [0.4, 0.5) is 0 Å². The number of rotatable bonds is 5. The lowest BCUT2D eigenvalue weighted by atomic mass is 10.1. The number of nitrogens with zero attached hydrogens (tertiary/aromatic N) is 2. The SMILES string of the molecule is CC(C)n1nc(C(=O)NCCc2cccc(Cl)c2)c2ccccc2c1=O. The number of carbonyl (C=O) groups is 1. The molecule has 1 heterocycles. The lowest BCUT2D eigenvalue weighted by Crippen LogP contribution is -2.32. The van der Waals surface area contributed by atoms with Gasteiger partial charge in [-0.2, -0.15) is 5.10 Å². The first-order valence-electron chi connectivity index (χ1n) is 8.51. The fourth-order valence-corrected chi connectivity index (χ4v) is 3.03. The smallest absolute Gasteiger partial charge is 0.274 e. The molecule has 1 amide bonds. The van der Waals surface area contributed by atoms with Gasteiger partial charge in [-0.3, -0.25) is 9.59 Å². The Hall–Kier alpha value is -2.66. The van der Waals surface area contributed by atoms with Gasteiger partial charge in [-0.15, -0.1) is 0 Å². The summed E-state index contributed by atoms with van der Waals surface area (Å²) in [6.07, 6.45) is 0.661. The van der Waals surface area contributed by atoms with Crippen LogP contribution in [0.25, 0.3) is 10.8 Å². The molecule has 5 nitrogen and oxygen atoms in total. The van der Waals surface area contributed by atoms with Crippen molar-refractivity contribution in [3.8, 4) is 0 Å². The monoisotopic (exact) mass is 369 g/mol. The number of amides is 1. The summed E-state index contributed by atoms with van der Waals surface area (Å²) in [4.78, 5) is 25.2. The third-order valence-corrected chi connectivity index (χ3v) is 4.36. The van der Waals surface area contributed by atoms with Crippen LogP contribution in [0, 0.1) is 0 Å². The molecule has 0 aliphatic rings. The maximum atomic E-state index is 12.7. The number of aromatic nitrogens is 2. The average molecular weight is 370 g/mol. The predicted molar refractivity (Wildman–Crippen MR) is 104 cm³/mol. The Bertz CT molecular complexity index is 1010. The van der Waals surface area contributed by atoms with E-state index in [9.17, 15) is 9.59 Å². The first-order valence-corrected chi connectivity index (χ1v) is 8.89. The van der Waals surface area contributed by atoms with Crippen molar-refractivity contribution in [1.29, 1.82) is 0 Å². The van der Waals surface area contributed by atoms with E-state index in [1.165, 1.54) is 4.68 Å². The quantitative estimate of drug-likeness (QED) is 0.747. The number of halogens is 1. The Kier molecular flexibility index (Phi) is 5.38. The van der Waals surface area contributed by atoms with Crippen molar-refractivity contribution in [2.24, 2.45) is 0 Å². The largest absolute Gasteiger partial charge is 0.350 e. The normalized spacial score (nSPS) is 11.1. The summed E-state index contributed by atoms with van der Waals surface area (Å²) in [7, 11) is 0. The Morgan fingerprint density at radius 1 is 1.15 bits per heavy atom. The zero-order valence-corrected chi connectivity index (χ0v) is 15.5. The Balaban J connectivity index is 1.86. The van der Waals surface area contributed by atoms with Gasteiger partial charge in [0.15, 0.2) is 5.69 Å². The molecule has 0 fully saturated rings. The molecule has 26 heavy (non-hydrogen) atoms. The Labute approximate surface area is 156 Å². The van der Waals surface area contributed by atoms with Crippen LogP contribution >= 0.6 is 11.6 Å². The summed E-state index contributed by atoms with van der Waals surface area (Å²) in [5.41, 5.74) is 1.12. The highest BCUT2D eigenvalue weighted by atomic mass is 35.5. The molecule has 6 heteroatoms. The number of nitrogens with one attached hydrogen (secondary N) is 1. The van der Waals surface area contributed by atoms with E-state index in [0.717, 1.165) is 5.56 Å². The van der Waals surface area contributed by atoms with E-state index in [1.54, 1.807) is 24.3 Å². The maximum absolute atomic E-state index is 12.7. The van der Waals surface area contributed by atoms with Gasteiger partial charge in [0.25, 0.3) is 11.5 Å². The number of benzene rings is 2. The fourth-order valence-electron chi connectivity index (χ4n) is 2.82. The molecule has 0 saturated carbocycles. The van der Waals surface area contributed by atoms with E-state index in [-0.39, 0.29) is 23.2 Å². The zero-order chi connectivity index (χ0) is 18.7. The highest BCUT2D eigenvalue weighted by Crippen LogP contribution is 2.15. The van der Waals surface area contributed by atoms with Crippen molar-refractivity contribution in [3.05, 3.63) is 75.2 Å². The molecular weight excluding hydrogens is 350 g/mol. The minimum Gasteiger partial charge on any atom is -0.350 e. The van der Waals surface area contributed by atoms with E-state index in [0.29, 0.717) is 28.8 Å². The highest BCUT2D eigenvalue weighted by molar-refractivity contribution is 6.30. The second-order valence-corrected chi connectivity index (χ2v) is 6.81. The lowest BCUT2D eigenvalue weighted by Gasteiger charge is -2.13. The van der Waals surface area contributed by atoms with Crippen LogP contribution in [0.15, 0.2) is 53.3 Å². The van der Waals surface area contributed by atoms with Crippen LogP contribution in [0.1, 0.15) is 35.9 Å². The van der Waals surface area contributed by atoms with Crippen molar-refractivity contribution in [3.63, 3.8) is 0 Å². The summed E-state index contributed by atoms with van der Waals surface area (Å²) in [5.74, 6) is -0.294. The summed E-state index contributed by atoms with van der Waals surface area (Å²) < 4.78 is 1.36. The van der Waals surface area contributed by atoms with E-state index >= 15 is 0 Å². The van der Waals surface area contributed by atoms with Crippen LogP contribution in [0.5, 0.6) is 0 Å². The Morgan fingerprint density at radius 3 is 2.58 bits per heavy atom. The minimum absolute atomic E-state index is 0.134. The standard InChI is InChI=1S/C20H20ClN3O2/c1-13(2)24-20(26)17-9-4-3-8-16(17)18(23-24)19(25)22-11-10-14-6-5-7-15(21)12-14/h3-9,12-13H,10-11H2,1-2H3,(H,22,25). The molecule has 3 rings (SSSR count). The molecule has 0 unspecified atom stereocenters. The van der Waals surface area contributed by atoms with Crippen molar-refractivity contribution in [2.75, 3.05) is 6.54 Å². The molecule has 3 aromatic rings. The molecule has 0 aliphatic heterocycles. The molecule has 2 aromatic carbocycles. The summed E-state index contributed by atoms with van der Waals surface area (Å²) in [5, 5.41) is 8.93. The average Bonchev–Trinajstić information content (AvgIpc) is 2.62. The van der Waals surface area contributed by atoms with Gasteiger partial charge in [-0.05, 0) is 44.0 Å². The van der Waals surface area contributed by atoms with Gasteiger partial charge in [0.1, 0.15) is 0 Å². The van der Waals surface area contributed by atoms with E-state index in [4.69, 9.17) is 11.6 Å². The third kappa shape index (κ3) is 3.78. The summed E-state index contributed by atoms with van der Waals surface area (Å²) in [6.45, 7) is 4.18. The number of hydrogen-bond acceptors (Lipinski definition) is 3. The molecular formula is C20H20ClN3O2. The van der Waals surface area contributed by atoms with E-state index in [1.807, 2.05) is 38.1 Å². The van der Waals surface area contributed by atoms with Crippen LogP contribution < -0.4 is 10.9 Å². The van der Waals surface area contributed by atoms with Gasteiger partial charge in [0.05, 0.1) is 11.4 Å². The first kappa shape index (κ1) is 18.1. The molecule has 0 saturated heterocycles. The minimum atomic E-state index is -0.294. The van der Waals surface area contributed by atoms with Crippen LogP contribution in [-0.4, -0.2) is 22.2 Å². The maximum Gasteiger partial charge on any atom is 0.274 e. The van der Waals surface area contributed by atoms with Crippen LogP contribution in [0.2, 0.25) is 5.02 Å². The zero-order valence-electron chi connectivity index (χ0n) is 14.7. The van der Waals surface area contributed by atoms with Gasteiger partial charge in [-0.25, -0.2) is 4.68 Å². The van der Waals surface area contributed by atoms with Crippen molar-refractivity contribution in [1.82, 2.24) is 15.1 Å². The van der Waals surface area contributed by atoms with E-state index in [2.05, 4.69) is 10.4 Å². The number of carbonyl (C=O) groups excluding carboxylic acids is 1. The molecule has 1 aromatic heterocycles. The van der Waals surface area contributed by atoms with Crippen LogP contribution in [-0.2, 0) is 6.42 Å². The molecule has 0 aliphatic carbocycles. The molecule has 0 atom stereocenters. The van der Waals surface area contributed by atoms with Gasteiger partial charge < -0.3 is 5.32 Å². The third-order valence-electron chi connectivity index (χ3n) is 4.12. The van der Waals surface area contributed by atoms with Gasteiger partial charge in [0, 0.05) is 17.0 Å². The van der Waals surface area contributed by atoms with Gasteiger partial charge in [-0.1, -0.05) is 41.9 Å². The van der Waals surface area contributed by atoms with Crippen molar-refractivity contribution in [2.45, 2.75) is 26.3 Å². The fraction of sp³-hybridized carbons (Fsp3) is 0.250. The summed E-state index contributed by atoms with van der Waals surface area (Å²) in [6, 6.07) is 14.5. The van der Waals surface area contributed by atoms with Gasteiger partial charge >= 0.3 is 0 Å². The lowest BCUT2D eigenvalue weighted by molar-refractivity contribution is 0.0948. The second kappa shape index (κ2) is 7.70. The number of hydrogen-bond donors (Lipinski definition) is 1. The predicted octanol–water partition coefficient (Wildman–Crippen LogP) is 3.60. The summed E-state index contributed by atoms with van der Waals surface area (Å²) >= 11 is 5.98. The van der Waals surface area contributed by atoms with Crippen LogP contribution in [0.3, 0.4) is 0 Å². The molecule has 0 radical (unpaired) electrons. The van der Waals surface area contributed by atoms with Crippen molar-refractivity contribution < 1.29 is 4.79 Å². The first-order chi connectivity index (χ1) is 12.5.